The third-order valence-corrected chi connectivity index (χ3v) is 4.88. The molecule has 0 aliphatic carbocycles. The number of anilines is 1. The van der Waals surface area contributed by atoms with Crippen LogP contribution in [-0.2, 0) is 16.6 Å². The molecule has 2 aromatic rings. The third kappa shape index (κ3) is 3.20. The fourth-order valence-corrected chi connectivity index (χ4v) is 3.26. The monoisotopic (exact) mass is 310 g/mol. The second kappa shape index (κ2) is 5.79. The van der Waals surface area contributed by atoms with Crippen LogP contribution in [0.15, 0.2) is 39.6 Å². The molecule has 21 heavy (non-hydrogen) atoms. The number of sulfonamides is 1. The molecule has 0 bridgehead atoms. The van der Waals surface area contributed by atoms with Crippen LogP contribution in [0.2, 0.25) is 0 Å². The summed E-state index contributed by atoms with van der Waals surface area (Å²) in [6.45, 7) is 1.94. The van der Waals surface area contributed by atoms with Crippen molar-refractivity contribution in [2.24, 2.45) is 0 Å². The number of nitrogen functional groups attached to an aromatic ring is 1. The average Bonchev–Trinajstić information content (AvgIpc) is 2.84. The van der Waals surface area contributed by atoms with E-state index in [1.807, 2.05) is 0 Å². The number of methoxy groups -OCH3 is 1. The lowest BCUT2D eigenvalue weighted by molar-refractivity contribution is 0.385. The molecule has 0 saturated carbocycles. The molecule has 2 rings (SSSR count). The van der Waals surface area contributed by atoms with Crippen molar-refractivity contribution in [2.75, 3.05) is 19.9 Å². The molecular formula is C14H18N2O4S. The summed E-state index contributed by atoms with van der Waals surface area (Å²) in [5.74, 6) is 1.56. The molecule has 0 amide bonds. The number of nitrogens with zero attached hydrogens (tertiary/aromatic N) is 1. The average molecular weight is 310 g/mol. The first-order valence-electron chi connectivity index (χ1n) is 6.30. The Morgan fingerprint density at radius 1 is 1.29 bits per heavy atom. The number of hydrogen-bond acceptors (Lipinski definition) is 5. The number of benzene rings is 1. The van der Waals surface area contributed by atoms with Crippen molar-refractivity contribution in [2.45, 2.75) is 18.4 Å². The lowest BCUT2D eigenvalue weighted by Crippen LogP contribution is -2.26. The van der Waals surface area contributed by atoms with Crippen LogP contribution in [0.1, 0.15) is 11.5 Å². The topological polar surface area (TPSA) is 85.8 Å². The highest BCUT2D eigenvalue weighted by Crippen LogP contribution is 2.29. The molecule has 0 aliphatic rings. The zero-order chi connectivity index (χ0) is 15.6. The van der Waals surface area contributed by atoms with Crippen molar-refractivity contribution in [3.05, 3.63) is 41.9 Å². The van der Waals surface area contributed by atoms with Gasteiger partial charge in [-0.3, -0.25) is 0 Å². The second-order valence-electron chi connectivity index (χ2n) is 4.68. The van der Waals surface area contributed by atoms with E-state index in [0.717, 1.165) is 5.76 Å². The molecule has 0 fully saturated rings. The van der Waals surface area contributed by atoms with Crippen LogP contribution in [0.3, 0.4) is 0 Å². The molecule has 2 N–H and O–H groups in total. The Hall–Kier alpha value is -1.99. The van der Waals surface area contributed by atoms with Gasteiger partial charge in [0.15, 0.2) is 0 Å². The van der Waals surface area contributed by atoms with Gasteiger partial charge in [-0.2, -0.15) is 4.31 Å². The Kier molecular flexibility index (Phi) is 4.24. The maximum atomic E-state index is 12.6. The molecular weight excluding hydrogens is 292 g/mol. The number of nitrogens with two attached hydrogens (primary N) is 1. The molecule has 6 nitrogen and oxygen atoms in total. The smallest absolute Gasteiger partial charge is 0.246 e. The molecule has 114 valence electrons. The fraction of sp³-hybridized carbons (Fsp3) is 0.286. The van der Waals surface area contributed by atoms with Crippen molar-refractivity contribution in [3.8, 4) is 5.75 Å². The zero-order valence-corrected chi connectivity index (χ0v) is 13.0. The van der Waals surface area contributed by atoms with Gasteiger partial charge < -0.3 is 14.9 Å². The van der Waals surface area contributed by atoms with E-state index in [1.165, 1.54) is 30.6 Å². The molecule has 1 aromatic carbocycles. The lowest BCUT2D eigenvalue weighted by atomic mass is 10.3. The van der Waals surface area contributed by atoms with Gasteiger partial charge in [0.1, 0.15) is 22.2 Å². The summed E-state index contributed by atoms with van der Waals surface area (Å²) in [5.41, 5.74) is 6.04. The Morgan fingerprint density at radius 3 is 2.57 bits per heavy atom. The van der Waals surface area contributed by atoms with E-state index in [2.05, 4.69) is 0 Å². The molecule has 0 aliphatic heterocycles. The number of hydrogen-bond donors (Lipinski definition) is 1. The van der Waals surface area contributed by atoms with E-state index in [9.17, 15) is 8.42 Å². The number of rotatable bonds is 5. The highest BCUT2D eigenvalue weighted by molar-refractivity contribution is 7.89. The van der Waals surface area contributed by atoms with Gasteiger partial charge in [-0.1, -0.05) is 0 Å². The standard InChI is InChI=1S/C14H18N2O4S/c1-10-4-6-12(20-10)9-16(2)21(17,18)14-8-11(15)5-7-13(14)19-3/h4-8H,9,15H2,1-3H3. The summed E-state index contributed by atoms with van der Waals surface area (Å²) in [7, 11) is -0.826. The van der Waals surface area contributed by atoms with E-state index in [1.54, 1.807) is 25.1 Å². The van der Waals surface area contributed by atoms with Crippen molar-refractivity contribution in [1.82, 2.24) is 4.31 Å². The zero-order valence-electron chi connectivity index (χ0n) is 12.2. The summed E-state index contributed by atoms with van der Waals surface area (Å²) < 4.78 is 37.0. The van der Waals surface area contributed by atoms with Gasteiger partial charge >= 0.3 is 0 Å². The highest BCUT2D eigenvalue weighted by atomic mass is 32.2. The van der Waals surface area contributed by atoms with Crippen LogP contribution in [0.4, 0.5) is 5.69 Å². The first-order valence-corrected chi connectivity index (χ1v) is 7.74. The minimum atomic E-state index is -3.72. The summed E-state index contributed by atoms with van der Waals surface area (Å²) in [6, 6.07) is 8.05. The predicted molar refractivity (Wildman–Crippen MR) is 79.5 cm³/mol. The number of ether oxygens (including phenoxy) is 1. The van der Waals surface area contributed by atoms with E-state index < -0.39 is 10.0 Å². The van der Waals surface area contributed by atoms with Crippen molar-refractivity contribution >= 4 is 15.7 Å². The van der Waals surface area contributed by atoms with Gasteiger partial charge in [0.25, 0.3) is 0 Å². The molecule has 1 aromatic heterocycles. The molecule has 0 unspecified atom stereocenters. The summed E-state index contributed by atoms with van der Waals surface area (Å²) in [5, 5.41) is 0. The van der Waals surface area contributed by atoms with E-state index in [0.29, 0.717) is 11.4 Å². The van der Waals surface area contributed by atoms with Crippen LogP contribution < -0.4 is 10.5 Å². The minimum absolute atomic E-state index is 0.0378. The summed E-state index contributed by atoms with van der Waals surface area (Å²) in [6.07, 6.45) is 0. The summed E-state index contributed by atoms with van der Waals surface area (Å²) in [4.78, 5) is 0.0378. The van der Waals surface area contributed by atoms with E-state index >= 15 is 0 Å². The largest absolute Gasteiger partial charge is 0.495 e. The molecule has 0 spiro atoms. The van der Waals surface area contributed by atoms with Crippen LogP contribution in [-0.4, -0.2) is 26.9 Å². The van der Waals surface area contributed by atoms with Gasteiger partial charge in [0.05, 0.1) is 13.7 Å². The van der Waals surface area contributed by atoms with Crippen LogP contribution in [0.25, 0.3) is 0 Å². The van der Waals surface area contributed by atoms with Crippen molar-refractivity contribution in [1.29, 1.82) is 0 Å². The van der Waals surface area contributed by atoms with Crippen LogP contribution in [0, 0.1) is 6.92 Å². The maximum absolute atomic E-state index is 12.6. The fourth-order valence-electron chi connectivity index (χ4n) is 1.94. The summed E-state index contributed by atoms with van der Waals surface area (Å²) >= 11 is 0. The molecule has 1 heterocycles. The molecule has 0 radical (unpaired) electrons. The maximum Gasteiger partial charge on any atom is 0.246 e. The second-order valence-corrected chi connectivity index (χ2v) is 6.70. The van der Waals surface area contributed by atoms with Crippen molar-refractivity contribution in [3.63, 3.8) is 0 Å². The predicted octanol–water partition coefficient (Wildman–Crippen LogP) is 2.00. The van der Waals surface area contributed by atoms with E-state index in [-0.39, 0.29) is 17.2 Å². The lowest BCUT2D eigenvalue weighted by Gasteiger charge is -2.18. The molecule has 0 atom stereocenters. The van der Waals surface area contributed by atoms with Gasteiger partial charge in [-0.25, -0.2) is 8.42 Å². The SMILES string of the molecule is COc1ccc(N)cc1S(=O)(=O)N(C)Cc1ccc(C)o1. The Labute approximate surface area is 124 Å². The van der Waals surface area contributed by atoms with Crippen LogP contribution in [0.5, 0.6) is 5.75 Å². The Balaban J connectivity index is 2.35. The quantitative estimate of drug-likeness (QED) is 0.854. The first kappa shape index (κ1) is 15.4. The minimum Gasteiger partial charge on any atom is -0.495 e. The van der Waals surface area contributed by atoms with Gasteiger partial charge in [0, 0.05) is 12.7 Å². The van der Waals surface area contributed by atoms with Gasteiger partial charge in [-0.15, -0.1) is 0 Å². The van der Waals surface area contributed by atoms with Gasteiger partial charge in [0.2, 0.25) is 10.0 Å². The van der Waals surface area contributed by atoms with Crippen LogP contribution >= 0.6 is 0 Å². The Morgan fingerprint density at radius 2 is 2.00 bits per heavy atom. The Bertz CT molecular complexity index is 737. The molecule has 7 heteroatoms. The third-order valence-electron chi connectivity index (χ3n) is 3.05. The van der Waals surface area contributed by atoms with Crippen molar-refractivity contribution < 1.29 is 17.6 Å². The highest BCUT2D eigenvalue weighted by Gasteiger charge is 2.26. The van der Waals surface area contributed by atoms with Gasteiger partial charge in [-0.05, 0) is 37.3 Å². The number of furan rings is 1. The number of aryl methyl sites for hydroxylation is 1. The van der Waals surface area contributed by atoms with E-state index in [4.69, 9.17) is 14.9 Å². The first-order chi connectivity index (χ1) is 9.84. The molecule has 0 saturated heterocycles. The normalized spacial score (nSPS) is 11.8.